The first-order valence-corrected chi connectivity index (χ1v) is 7.13. The number of ether oxygens (including phenoxy) is 2. The maximum atomic E-state index is 6.01. The van der Waals surface area contributed by atoms with E-state index in [1.165, 1.54) is 0 Å². The van der Waals surface area contributed by atoms with Crippen molar-refractivity contribution in [3.63, 3.8) is 0 Å². The fraction of sp³-hybridized carbons (Fsp3) is 0.438. The Balaban J connectivity index is 2.54. The van der Waals surface area contributed by atoms with E-state index in [0.717, 1.165) is 29.7 Å². The van der Waals surface area contributed by atoms with Gasteiger partial charge in [0.2, 0.25) is 0 Å². The normalized spacial score (nSPS) is 10.9. The van der Waals surface area contributed by atoms with Gasteiger partial charge in [0.25, 0.3) is 0 Å². The molecule has 0 aliphatic heterocycles. The molecule has 0 amide bonds. The lowest BCUT2D eigenvalue weighted by molar-refractivity contribution is 0.354. The highest BCUT2D eigenvalue weighted by molar-refractivity contribution is 5.77. The van der Waals surface area contributed by atoms with Gasteiger partial charge in [-0.15, -0.1) is 0 Å². The predicted molar refractivity (Wildman–Crippen MR) is 82.8 cm³/mol. The van der Waals surface area contributed by atoms with Gasteiger partial charge in [0, 0.05) is 5.92 Å². The zero-order valence-electron chi connectivity index (χ0n) is 13.0. The third-order valence-corrected chi connectivity index (χ3v) is 3.77. The second kappa shape index (κ2) is 6.52. The fourth-order valence-electron chi connectivity index (χ4n) is 2.54. The van der Waals surface area contributed by atoms with E-state index in [-0.39, 0.29) is 0 Å². The third kappa shape index (κ3) is 2.82. The Morgan fingerprint density at radius 3 is 2.38 bits per heavy atom. The highest BCUT2D eigenvalue weighted by Gasteiger charge is 2.22. The van der Waals surface area contributed by atoms with Crippen LogP contribution in [0, 0.1) is 0 Å². The Bertz CT molecular complexity index is 604. The molecule has 114 valence electrons. The van der Waals surface area contributed by atoms with E-state index >= 15 is 0 Å². The zero-order valence-corrected chi connectivity index (χ0v) is 13.0. The zero-order chi connectivity index (χ0) is 15.4. The minimum atomic E-state index is 0.304. The average Bonchev–Trinajstić information content (AvgIpc) is 2.89. The second-order valence-corrected chi connectivity index (χ2v) is 4.89. The van der Waals surface area contributed by atoms with Crippen molar-refractivity contribution >= 4 is 5.82 Å². The number of nitrogens with zero attached hydrogens (tertiary/aromatic N) is 1. The summed E-state index contributed by atoms with van der Waals surface area (Å²) in [5, 5.41) is 3.94. The van der Waals surface area contributed by atoms with E-state index in [2.05, 4.69) is 19.0 Å². The molecule has 0 fully saturated rings. The molecule has 0 aliphatic carbocycles. The highest BCUT2D eigenvalue weighted by Crippen LogP contribution is 2.40. The van der Waals surface area contributed by atoms with Gasteiger partial charge < -0.3 is 19.7 Å². The van der Waals surface area contributed by atoms with Crippen LogP contribution in [0.4, 0.5) is 5.82 Å². The molecule has 0 atom stereocenters. The number of methoxy groups -OCH3 is 2. The molecule has 0 bridgehead atoms. The van der Waals surface area contributed by atoms with Crippen LogP contribution < -0.4 is 15.2 Å². The van der Waals surface area contributed by atoms with Crippen molar-refractivity contribution in [3.8, 4) is 22.6 Å². The van der Waals surface area contributed by atoms with E-state index in [9.17, 15) is 0 Å². The summed E-state index contributed by atoms with van der Waals surface area (Å²) in [4.78, 5) is 0. The summed E-state index contributed by atoms with van der Waals surface area (Å²) in [6.07, 6.45) is 1.96. The van der Waals surface area contributed by atoms with E-state index in [1.54, 1.807) is 14.2 Å². The molecule has 1 aromatic heterocycles. The first-order chi connectivity index (χ1) is 10.2. The summed E-state index contributed by atoms with van der Waals surface area (Å²) in [7, 11) is 3.22. The van der Waals surface area contributed by atoms with E-state index in [0.29, 0.717) is 23.2 Å². The maximum absolute atomic E-state index is 6.01. The quantitative estimate of drug-likeness (QED) is 0.875. The van der Waals surface area contributed by atoms with Gasteiger partial charge in [0.05, 0.1) is 19.8 Å². The third-order valence-electron chi connectivity index (χ3n) is 3.77. The van der Waals surface area contributed by atoms with Crippen LogP contribution in [-0.4, -0.2) is 19.4 Å². The van der Waals surface area contributed by atoms with Crippen molar-refractivity contribution in [1.29, 1.82) is 0 Å². The molecule has 0 radical (unpaired) electrons. The van der Waals surface area contributed by atoms with Crippen molar-refractivity contribution in [2.75, 3.05) is 20.0 Å². The van der Waals surface area contributed by atoms with Crippen LogP contribution in [0.25, 0.3) is 11.1 Å². The van der Waals surface area contributed by atoms with Crippen LogP contribution in [0.15, 0.2) is 22.7 Å². The lowest BCUT2D eigenvalue weighted by atomic mass is 9.93. The molecule has 2 aromatic rings. The molecule has 0 saturated carbocycles. The number of hydrogen-bond donors (Lipinski definition) is 1. The largest absolute Gasteiger partial charge is 0.493 e. The number of aromatic nitrogens is 1. The first kappa shape index (κ1) is 15.2. The van der Waals surface area contributed by atoms with Crippen LogP contribution in [-0.2, 0) is 0 Å². The number of nitrogen functional groups attached to an aromatic ring is 1. The molecule has 5 heteroatoms. The van der Waals surface area contributed by atoms with Gasteiger partial charge in [-0.3, -0.25) is 0 Å². The van der Waals surface area contributed by atoms with Crippen LogP contribution in [0.3, 0.4) is 0 Å². The average molecular weight is 290 g/mol. The number of nitrogens with two attached hydrogens (primary N) is 1. The molecule has 2 N–H and O–H groups in total. The molecule has 5 nitrogen and oxygen atoms in total. The number of anilines is 1. The van der Waals surface area contributed by atoms with E-state index < -0.39 is 0 Å². The standard InChI is InChI=1S/C16H22N2O3/c1-5-10(6-2)15-14(16(17)18-21-15)11-7-8-12(19-3)13(9-11)20-4/h7-10H,5-6H2,1-4H3,(H2,17,18). The van der Waals surface area contributed by atoms with Gasteiger partial charge in [-0.2, -0.15) is 0 Å². The molecule has 0 unspecified atom stereocenters. The van der Waals surface area contributed by atoms with Crippen molar-refractivity contribution in [1.82, 2.24) is 5.16 Å². The Morgan fingerprint density at radius 1 is 1.14 bits per heavy atom. The number of rotatable bonds is 6. The smallest absolute Gasteiger partial charge is 0.175 e. The lowest BCUT2D eigenvalue weighted by Gasteiger charge is -2.13. The molecule has 21 heavy (non-hydrogen) atoms. The van der Waals surface area contributed by atoms with Crippen LogP contribution >= 0.6 is 0 Å². The summed E-state index contributed by atoms with van der Waals surface area (Å²) in [5.74, 6) is 2.89. The van der Waals surface area contributed by atoms with Crippen LogP contribution in [0.2, 0.25) is 0 Å². The highest BCUT2D eigenvalue weighted by atomic mass is 16.5. The van der Waals surface area contributed by atoms with Gasteiger partial charge >= 0.3 is 0 Å². The molecular weight excluding hydrogens is 268 g/mol. The molecule has 1 aromatic carbocycles. The van der Waals surface area contributed by atoms with Crippen LogP contribution in [0.1, 0.15) is 38.4 Å². The maximum Gasteiger partial charge on any atom is 0.175 e. The van der Waals surface area contributed by atoms with Gasteiger partial charge in [-0.1, -0.05) is 25.1 Å². The van der Waals surface area contributed by atoms with E-state index in [4.69, 9.17) is 19.7 Å². The fourth-order valence-corrected chi connectivity index (χ4v) is 2.54. The molecule has 0 saturated heterocycles. The molecule has 1 heterocycles. The molecule has 2 rings (SSSR count). The minimum absolute atomic E-state index is 0.304. The molecule has 0 aliphatic rings. The summed E-state index contributed by atoms with van der Waals surface area (Å²) < 4.78 is 16.1. The van der Waals surface area contributed by atoms with Gasteiger partial charge in [-0.25, -0.2) is 0 Å². The Labute approximate surface area is 125 Å². The lowest BCUT2D eigenvalue weighted by Crippen LogP contribution is -1.98. The second-order valence-electron chi connectivity index (χ2n) is 4.89. The number of benzene rings is 1. The predicted octanol–water partition coefficient (Wildman–Crippen LogP) is 3.84. The Morgan fingerprint density at radius 2 is 1.81 bits per heavy atom. The minimum Gasteiger partial charge on any atom is -0.493 e. The SMILES string of the molecule is CCC(CC)c1onc(N)c1-c1ccc(OC)c(OC)c1. The van der Waals surface area contributed by atoms with Gasteiger partial charge in [0.15, 0.2) is 17.3 Å². The van der Waals surface area contributed by atoms with Crippen molar-refractivity contribution in [3.05, 3.63) is 24.0 Å². The van der Waals surface area contributed by atoms with Crippen LogP contribution in [0.5, 0.6) is 11.5 Å². The van der Waals surface area contributed by atoms with Crippen molar-refractivity contribution in [2.24, 2.45) is 0 Å². The topological polar surface area (TPSA) is 70.5 Å². The molecule has 0 spiro atoms. The summed E-state index contributed by atoms with van der Waals surface area (Å²) in [6, 6.07) is 5.70. The van der Waals surface area contributed by atoms with Crippen molar-refractivity contribution in [2.45, 2.75) is 32.6 Å². The summed E-state index contributed by atoms with van der Waals surface area (Å²) in [5.41, 5.74) is 7.78. The van der Waals surface area contributed by atoms with E-state index in [1.807, 2.05) is 18.2 Å². The number of hydrogen-bond acceptors (Lipinski definition) is 5. The monoisotopic (exact) mass is 290 g/mol. The Kier molecular flexibility index (Phi) is 4.73. The first-order valence-electron chi connectivity index (χ1n) is 7.13. The summed E-state index contributed by atoms with van der Waals surface area (Å²) in [6.45, 7) is 4.26. The van der Waals surface area contributed by atoms with Gasteiger partial charge in [0.1, 0.15) is 5.76 Å². The Hall–Kier alpha value is -2.17. The molecular formula is C16H22N2O3. The summed E-state index contributed by atoms with van der Waals surface area (Å²) >= 11 is 0. The van der Waals surface area contributed by atoms with Gasteiger partial charge in [-0.05, 0) is 30.5 Å². The van der Waals surface area contributed by atoms with Crippen molar-refractivity contribution < 1.29 is 14.0 Å².